The molecule has 3 heterocycles. The topological polar surface area (TPSA) is 96.8 Å². The normalized spacial score (nSPS) is 20.6. The van der Waals surface area contributed by atoms with Gasteiger partial charge in [-0.15, -0.1) is 0 Å². The van der Waals surface area contributed by atoms with E-state index in [9.17, 15) is 9.90 Å². The lowest BCUT2D eigenvalue weighted by Gasteiger charge is -2.21. The quantitative estimate of drug-likeness (QED) is 0.650. The summed E-state index contributed by atoms with van der Waals surface area (Å²) in [6.45, 7) is 4.49. The molecule has 2 aromatic carbocycles. The molecule has 8 heteroatoms. The van der Waals surface area contributed by atoms with Crippen LogP contribution in [-0.2, 0) is 9.47 Å². The highest BCUT2D eigenvalue weighted by molar-refractivity contribution is 5.92. The van der Waals surface area contributed by atoms with Crippen LogP contribution in [0.25, 0.3) is 22.3 Å². The summed E-state index contributed by atoms with van der Waals surface area (Å²) in [5.41, 5.74) is 2.52. The number of nitrogens with zero attached hydrogens (tertiary/aromatic N) is 3. The highest BCUT2D eigenvalue weighted by Crippen LogP contribution is 2.33. The van der Waals surface area contributed by atoms with Gasteiger partial charge in [0.2, 0.25) is 0 Å². The number of anilines is 1. The van der Waals surface area contributed by atoms with Crippen LogP contribution in [0.5, 0.6) is 5.75 Å². The fourth-order valence-electron chi connectivity index (χ4n) is 4.28. The van der Waals surface area contributed by atoms with Gasteiger partial charge in [0.15, 0.2) is 5.82 Å². The maximum Gasteiger partial charge on any atom is 0.407 e. The van der Waals surface area contributed by atoms with Crippen LogP contribution in [0.3, 0.4) is 0 Å². The third-order valence-corrected chi connectivity index (χ3v) is 5.95. The average Bonchev–Trinajstić information content (AvgIpc) is 3.45. The van der Waals surface area contributed by atoms with Gasteiger partial charge in [-0.05, 0) is 43.2 Å². The number of aryl methyl sites for hydroxylation is 1. The van der Waals surface area contributed by atoms with Crippen molar-refractivity contribution in [2.75, 3.05) is 31.2 Å². The lowest BCUT2D eigenvalue weighted by Crippen LogP contribution is -2.39. The van der Waals surface area contributed by atoms with Crippen molar-refractivity contribution in [3.05, 3.63) is 48.0 Å². The lowest BCUT2D eigenvalue weighted by molar-refractivity contribution is 0.0813. The van der Waals surface area contributed by atoms with Gasteiger partial charge in [-0.25, -0.2) is 14.8 Å². The molecule has 8 nitrogen and oxygen atoms in total. The number of phenolic OH excluding ortho intramolecular Hbond substituents is 1. The van der Waals surface area contributed by atoms with Gasteiger partial charge in [-0.3, -0.25) is 0 Å². The van der Waals surface area contributed by atoms with Gasteiger partial charge >= 0.3 is 6.09 Å². The number of para-hydroxylation sites is 1. The fraction of sp³-hybridized carbons (Fsp3) is 0.375. The molecule has 32 heavy (non-hydrogen) atoms. The number of phenols is 1. The first-order chi connectivity index (χ1) is 15.6. The van der Waals surface area contributed by atoms with Crippen LogP contribution < -0.4 is 10.2 Å². The molecule has 1 unspecified atom stereocenters. The summed E-state index contributed by atoms with van der Waals surface area (Å²) in [5, 5.41) is 14.3. The Kier molecular flexibility index (Phi) is 5.53. The number of nitrogens with one attached hydrogen (secondary N) is 1. The van der Waals surface area contributed by atoms with Gasteiger partial charge in [-0.2, -0.15) is 0 Å². The molecular weight excluding hydrogens is 408 g/mol. The van der Waals surface area contributed by atoms with Gasteiger partial charge in [0.05, 0.1) is 30.3 Å². The Balaban J connectivity index is 1.40. The molecule has 2 aliphatic rings. The third-order valence-electron chi connectivity index (χ3n) is 5.95. The number of benzene rings is 2. The summed E-state index contributed by atoms with van der Waals surface area (Å²) in [6, 6.07) is 13.1. The molecule has 5 rings (SSSR count). The predicted octanol–water partition coefficient (Wildman–Crippen LogP) is 3.40. The molecule has 0 radical (unpaired) electrons. The summed E-state index contributed by atoms with van der Waals surface area (Å²) in [6.07, 6.45) is 0.971. The van der Waals surface area contributed by atoms with E-state index in [1.807, 2.05) is 37.3 Å². The molecule has 0 bridgehead atoms. The van der Waals surface area contributed by atoms with E-state index in [2.05, 4.69) is 10.2 Å². The van der Waals surface area contributed by atoms with E-state index in [4.69, 9.17) is 19.4 Å². The molecule has 0 saturated carbocycles. The molecule has 0 aliphatic carbocycles. The van der Waals surface area contributed by atoms with Gasteiger partial charge < -0.3 is 24.8 Å². The molecule has 2 saturated heterocycles. The summed E-state index contributed by atoms with van der Waals surface area (Å²) in [5.74, 6) is 1.42. The Labute approximate surface area is 186 Å². The van der Waals surface area contributed by atoms with Crippen molar-refractivity contribution in [2.24, 2.45) is 0 Å². The van der Waals surface area contributed by atoms with Crippen LogP contribution in [-0.4, -0.2) is 59.6 Å². The van der Waals surface area contributed by atoms with Crippen molar-refractivity contribution in [1.82, 2.24) is 15.3 Å². The summed E-state index contributed by atoms with van der Waals surface area (Å²) >= 11 is 0. The van der Waals surface area contributed by atoms with Crippen molar-refractivity contribution >= 4 is 22.8 Å². The van der Waals surface area contributed by atoms with Crippen LogP contribution in [0.4, 0.5) is 10.6 Å². The number of alkyl carbamates (subject to hydrolysis) is 1. The Morgan fingerprint density at radius 3 is 2.91 bits per heavy atom. The van der Waals surface area contributed by atoms with Gasteiger partial charge in [-0.1, -0.05) is 18.2 Å². The molecule has 2 fully saturated rings. The maximum atomic E-state index is 12.3. The minimum absolute atomic E-state index is 0.0335. The van der Waals surface area contributed by atoms with E-state index in [0.717, 1.165) is 41.7 Å². The first-order valence-corrected chi connectivity index (χ1v) is 10.9. The second kappa shape index (κ2) is 8.63. The number of carbonyl (C=O) groups excluding carboxylic acids is 1. The molecule has 2 N–H and O–H groups in total. The fourth-order valence-corrected chi connectivity index (χ4v) is 4.28. The monoisotopic (exact) mass is 434 g/mol. The molecule has 1 amide bonds. The maximum absolute atomic E-state index is 12.3. The van der Waals surface area contributed by atoms with E-state index in [1.54, 1.807) is 12.1 Å². The molecular formula is C24H26N4O4. The molecule has 166 valence electrons. The summed E-state index contributed by atoms with van der Waals surface area (Å²) in [7, 11) is 0. The Bertz CT molecular complexity index is 1150. The number of ether oxygens (including phenoxy) is 2. The Morgan fingerprint density at radius 1 is 1.22 bits per heavy atom. The Morgan fingerprint density at radius 2 is 2.09 bits per heavy atom. The second-order valence-corrected chi connectivity index (χ2v) is 8.38. The van der Waals surface area contributed by atoms with Crippen LogP contribution in [0.1, 0.15) is 18.4 Å². The molecule has 2 aliphatic heterocycles. The number of amides is 1. The first-order valence-electron chi connectivity index (χ1n) is 10.9. The Hall–Kier alpha value is -3.39. The zero-order chi connectivity index (χ0) is 22.1. The molecule has 0 spiro atoms. The van der Waals surface area contributed by atoms with Crippen LogP contribution >= 0.6 is 0 Å². The van der Waals surface area contributed by atoms with Gasteiger partial charge in [0.1, 0.15) is 17.7 Å². The number of hydrogen-bond donors (Lipinski definition) is 2. The zero-order valence-electron chi connectivity index (χ0n) is 18.0. The number of fused-ring (bicyclic) bond motifs is 1. The number of aromatic nitrogens is 2. The lowest BCUT2D eigenvalue weighted by atomic mass is 10.1. The largest absolute Gasteiger partial charge is 0.507 e. The van der Waals surface area contributed by atoms with Gasteiger partial charge in [0.25, 0.3) is 0 Å². The summed E-state index contributed by atoms with van der Waals surface area (Å²) < 4.78 is 10.7. The van der Waals surface area contributed by atoms with E-state index < -0.39 is 6.09 Å². The third kappa shape index (κ3) is 4.18. The van der Waals surface area contributed by atoms with E-state index in [-0.39, 0.29) is 17.9 Å². The zero-order valence-corrected chi connectivity index (χ0v) is 18.0. The van der Waals surface area contributed by atoms with Crippen LogP contribution in [0, 0.1) is 6.92 Å². The predicted molar refractivity (Wildman–Crippen MR) is 121 cm³/mol. The van der Waals surface area contributed by atoms with Crippen molar-refractivity contribution in [1.29, 1.82) is 0 Å². The van der Waals surface area contributed by atoms with Crippen molar-refractivity contribution in [3.63, 3.8) is 0 Å². The number of aromatic hydroxyl groups is 1. The SMILES string of the molecule is Cc1ccc2c(N3CC[C@@H](NC(=O)OC4CCOC4)C3)nc(-c3ccccc3O)nc2c1. The minimum atomic E-state index is -0.398. The number of hydrogen-bond acceptors (Lipinski definition) is 7. The smallest absolute Gasteiger partial charge is 0.407 e. The standard InChI is InChI=1S/C24H26N4O4/c1-15-6-7-18-20(12-15)26-22(19-4-2-3-5-21(19)29)27-23(18)28-10-8-16(13-28)25-24(30)32-17-9-11-31-14-17/h2-7,12,16-17,29H,8-11,13-14H2,1H3,(H,25,30)/t16-,17?/m1/s1. The second-order valence-electron chi connectivity index (χ2n) is 8.38. The van der Waals surface area contributed by atoms with E-state index in [0.29, 0.717) is 31.1 Å². The highest BCUT2D eigenvalue weighted by Gasteiger charge is 2.29. The van der Waals surface area contributed by atoms with Gasteiger partial charge in [0, 0.05) is 24.9 Å². The molecule has 3 aromatic rings. The van der Waals surface area contributed by atoms with Crippen molar-refractivity contribution in [2.45, 2.75) is 31.9 Å². The van der Waals surface area contributed by atoms with Crippen molar-refractivity contribution < 1.29 is 19.4 Å². The average molecular weight is 434 g/mol. The van der Waals surface area contributed by atoms with Crippen LogP contribution in [0.15, 0.2) is 42.5 Å². The summed E-state index contributed by atoms with van der Waals surface area (Å²) in [4.78, 5) is 24.0. The highest BCUT2D eigenvalue weighted by atomic mass is 16.6. The van der Waals surface area contributed by atoms with E-state index in [1.165, 1.54) is 0 Å². The number of carbonyl (C=O) groups is 1. The molecule has 1 aromatic heterocycles. The first kappa shape index (κ1) is 20.5. The minimum Gasteiger partial charge on any atom is -0.507 e. The molecule has 2 atom stereocenters. The van der Waals surface area contributed by atoms with E-state index >= 15 is 0 Å². The number of rotatable bonds is 4. The van der Waals surface area contributed by atoms with Crippen LogP contribution in [0.2, 0.25) is 0 Å². The van der Waals surface area contributed by atoms with Crippen molar-refractivity contribution in [3.8, 4) is 17.1 Å².